The topological polar surface area (TPSA) is 53.0 Å². The lowest BCUT2D eigenvalue weighted by atomic mass is 10.0. The van der Waals surface area contributed by atoms with Crippen LogP contribution in [0.25, 0.3) is 0 Å². The Morgan fingerprint density at radius 1 is 1.39 bits per heavy atom. The SMILES string of the molecule is N#Cc1ccc2c(c1)N(c1cccs1)SCC2N. The highest BCUT2D eigenvalue weighted by Gasteiger charge is 2.25. The molecule has 18 heavy (non-hydrogen) atoms. The number of benzene rings is 1. The molecule has 2 N–H and O–H groups in total. The van der Waals surface area contributed by atoms with Gasteiger partial charge in [0.05, 0.1) is 17.3 Å². The van der Waals surface area contributed by atoms with Gasteiger partial charge in [-0.05, 0) is 47.2 Å². The molecule has 1 aliphatic heterocycles. The summed E-state index contributed by atoms with van der Waals surface area (Å²) < 4.78 is 2.17. The molecule has 0 aliphatic carbocycles. The second kappa shape index (κ2) is 4.65. The molecule has 90 valence electrons. The molecule has 3 rings (SSSR count). The molecule has 5 heteroatoms. The van der Waals surface area contributed by atoms with Crippen LogP contribution in [-0.2, 0) is 0 Å². The van der Waals surface area contributed by atoms with Crippen molar-refractivity contribution < 1.29 is 0 Å². The van der Waals surface area contributed by atoms with Gasteiger partial charge in [0.2, 0.25) is 0 Å². The zero-order chi connectivity index (χ0) is 12.5. The number of fused-ring (bicyclic) bond motifs is 1. The first-order chi connectivity index (χ1) is 8.79. The van der Waals surface area contributed by atoms with Gasteiger partial charge in [-0.2, -0.15) is 5.26 Å². The van der Waals surface area contributed by atoms with E-state index in [0.717, 1.165) is 17.0 Å². The second-order valence-corrected chi connectivity index (χ2v) is 5.92. The Kier molecular flexibility index (Phi) is 3.00. The predicted octanol–water partition coefficient (Wildman–Crippen LogP) is 3.42. The van der Waals surface area contributed by atoms with Gasteiger partial charge >= 0.3 is 0 Å². The molecule has 1 unspecified atom stereocenters. The summed E-state index contributed by atoms with van der Waals surface area (Å²) in [5.41, 5.74) is 8.95. The van der Waals surface area contributed by atoms with Crippen LogP contribution in [-0.4, -0.2) is 5.75 Å². The first kappa shape index (κ1) is 11.6. The van der Waals surface area contributed by atoms with Crippen LogP contribution in [0.5, 0.6) is 0 Å². The number of rotatable bonds is 1. The summed E-state index contributed by atoms with van der Waals surface area (Å²) in [4.78, 5) is 0. The number of hydrogen-bond donors (Lipinski definition) is 1. The summed E-state index contributed by atoms with van der Waals surface area (Å²) in [6, 6.07) is 12.1. The minimum absolute atomic E-state index is 0.0361. The lowest BCUT2D eigenvalue weighted by molar-refractivity contribution is 0.823. The van der Waals surface area contributed by atoms with E-state index in [4.69, 9.17) is 11.0 Å². The average molecular weight is 273 g/mol. The third kappa shape index (κ3) is 1.89. The van der Waals surface area contributed by atoms with Gasteiger partial charge in [0.15, 0.2) is 0 Å². The molecule has 1 aromatic heterocycles. The molecule has 1 aliphatic rings. The number of nitrogens with zero attached hydrogens (tertiary/aromatic N) is 2. The fourth-order valence-corrected chi connectivity index (χ4v) is 3.89. The van der Waals surface area contributed by atoms with Crippen molar-refractivity contribution in [1.82, 2.24) is 0 Å². The van der Waals surface area contributed by atoms with Crippen molar-refractivity contribution in [3.63, 3.8) is 0 Å². The van der Waals surface area contributed by atoms with Gasteiger partial charge in [-0.3, -0.25) is 4.31 Å². The Labute approximate surface area is 114 Å². The Morgan fingerprint density at radius 3 is 3.00 bits per heavy atom. The molecule has 3 nitrogen and oxygen atoms in total. The van der Waals surface area contributed by atoms with E-state index in [-0.39, 0.29) is 6.04 Å². The monoisotopic (exact) mass is 273 g/mol. The largest absolute Gasteiger partial charge is 0.323 e. The quantitative estimate of drug-likeness (QED) is 0.809. The van der Waals surface area contributed by atoms with E-state index in [1.54, 1.807) is 23.3 Å². The van der Waals surface area contributed by atoms with Crippen LogP contribution in [0.15, 0.2) is 35.7 Å². The van der Waals surface area contributed by atoms with Gasteiger partial charge in [0.25, 0.3) is 0 Å². The number of hydrogen-bond acceptors (Lipinski definition) is 5. The molecule has 0 radical (unpaired) electrons. The van der Waals surface area contributed by atoms with E-state index in [1.807, 2.05) is 24.3 Å². The molecule has 1 aromatic carbocycles. The Hall–Kier alpha value is -1.48. The summed E-state index contributed by atoms with van der Waals surface area (Å²) >= 11 is 3.39. The minimum atomic E-state index is 0.0361. The van der Waals surface area contributed by atoms with Gasteiger partial charge < -0.3 is 5.73 Å². The van der Waals surface area contributed by atoms with Crippen molar-refractivity contribution >= 4 is 34.0 Å². The van der Waals surface area contributed by atoms with Crippen molar-refractivity contribution in [1.29, 1.82) is 5.26 Å². The van der Waals surface area contributed by atoms with Crippen LogP contribution >= 0.6 is 23.3 Å². The standard InChI is InChI=1S/C13H11N3S2/c14-7-9-3-4-10-11(15)8-18-16(12(10)6-9)13-2-1-5-17-13/h1-6,11H,8,15H2. The molecular weight excluding hydrogens is 262 g/mol. The maximum absolute atomic E-state index is 9.02. The number of nitrogens with two attached hydrogens (primary N) is 1. The molecule has 0 fully saturated rings. The lowest BCUT2D eigenvalue weighted by Gasteiger charge is -2.32. The lowest BCUT2D eigenvalue weighted by Crippen LogP contribution is -2.24. The zero-order valence-electron chi connectivity index (χ0n) is 9.54. The van der Waals surface area contributed by atoms with Gasteiger partial charge in [-0.1, -0.05) is 6.07 Å². The van der Waals surface area contributed by atoms with Crippen LogP contribution in [0.3, 0.4) is 0 Å². The van der Waals surface area contributed by atoms with Crippen molar-refractivity contribution in [3.05, 3.63) is 46.8 Å². The fourth-order valence-electron chi connectivity index (χ4n) is 1.98. The maximum atomic E-state index is 9.02. The highest BCUT2D eigenvalue weighted by atomic mass is 32.2. The third-order valence-corrected chi connectivity index (χ3v) is 5.00. The van der Waals surface area contributed by atoms with Crippen LogP contribution in [0.2, 0.25) is 0 Å². The summed E-state index contributed by atoms with van der Waals surface area (Å²) in [6.07, 6.45) is 0. The average Bonchev–Trinajstić information content (AvgIpc) is 2.92. The molecular formula is C13H11N3S2. The Bertz CT molecular complexity index is 601. The highest BCUT2D eigenvalue weighted by molar-refractivity contribution is 8.01. The second-order valence-electron chi connectivity index (χ2n) is 4.03. The summed E-state index contributed by atoms with van der Waals surface area (Å²) in [7, 11) is 0. The van der Waals surface area contributed by atoms with Crippen LogP contribution < -0.4 is 10.0 Å². The summed E-state index contributed by atoms with van der Waals surface area (Å²) in [5.74, 6) is 0.858. The molecule has 2 heterocycles. The Balaban J connectivity index is 2.12. The van der Waals surface area contributed by atoms with Crippen LogP contribution in [0.4, 0.5) is 10.7 Å². The van der Waals surface area contributed by atoms with Crippen molar-refractivity contribution in [2.75, 3.05) is 10.1 Å². The maximum Gasteiger partial charge on any atom is 0.106 e. The molecule has 0 bridgehead atoms. The highest BCUT2D eigenvalue weighted by Crippen LogP contribution is 2.44. The molecule has 0 amide bonds. The fraction of sp³-hybridized carbons (Fsp3) is 0.154. The molecule has 1 atom stereocenters. The zero-order valence-corrected chi connectivity index (χ0v) is 11.2. The molecule has 0 saturated heterocycles. The van der Waals surface area contributed by atoms with Crippen LogP contribution in [0.1, 0.15) is 17.2 Å². The number of thiophene rings is 1. The summed E-state index contributed by atoms with van der Waals surface area (Å²) in [5, 5.41) is 12.2. The normalized spacial score (nSPS) is 18.2. The van der Waals surface area contributed by atoms with Gasteiger partial charge in [-0.15, -0.1) is 11.3 Å². The first-order valence-electron chi connectivity index (χ1n) is 5.56. The number of nitriles is 1. The molecule has 2 aromatic rings. The number of anilines is 2. The van der Waals surface area contributed by atoms with E-state index >= 15 is 0 Å². The van der Waals surface area contributed by atoms with Crippen molar-refractivity contribution in [3.8, 4) is 6.07 Å². The van der Waals surface area contributed by atoms with E-state index in [9.17, 15) is 0 Å². The third-order valence-electron chi connectivity index (χ3n) is 2.87. The van der Waals surface area contributed by atoms with E-state index in [1.165, 1.54) is 5.00 Å². The van der Waals surface area contributed by atoms with Crippen LogP contribution in [0, 0.1) is 11.3 Å². The molecule has 0 saturated carbocycles. The predicted molar refractivity (Wildman–Crippen MR) is 77.0 cm³/mol. The molecule has 0 spiro atoms. The van der Waals surface area contributed by atoms with Gasteiger partial charge in [0.1, 0.15) is 5.00 Å². The van der Waals surface area contributed by atoms with Crippen molar-refractivity contribution in [2.45, 2.75) is 6.04 Å². The minimum Gasteiger partial charge on any atom is -0.323 e. The van der Waals surface area contributed by atoms with Gasteiger partial charge in [0, 0.05) is 11.8 Å². The van der Waals surface area contributed by atoms with E-state index in [2.05, 4.69) is 21.8 Å². The first-order valence-corrected chi connectivity index (χ1v) is 7.38. The summed E-state index contributed by atoms with van der Waals surface area (Å²) in [6.45, 7) is 0. The Morgan fingerprint density at radius 2 is 2.28 bits per heavy atom. The van der Waals surface area contributed by atoms with Gasteiger partial charge in [-0.25, -0.2) is 0 Å². The van der Waals surface area contributed by atoms with E-state index in [0.29, 0.717) is 5.56 Å². The van der Waals surface area contributed by atoms with Crippen molar-refractivity contribution in [2.24, 2.45) is 5.73 Å². The van der Waals surface area contributed by atoms with E-state index < -0.39 is 0 Å². The smallest absolute Gasteiger partial charge is 0.106 e.